The molecule has 1 unspecified atom stereocenters. The molecule has 1 atom stereocenters. The third kappa shape index (κ3) is 2.77. The first kappa shape index (κ1) is 10.7. The summed E-state index contributed by atoms with van der Waals surface area (Å²) in [6.07, 6.45) is 0. The smallest absolute Gasteiger partial charge is 0.317 e. The molecule has 0 aliphatic carbocycles. The number of nitrogens with two attached hydrogens (primary N) is 1. The normalized spacial score (nSPS) is 22.9. The van der Waals surface area contributed by atoms with Crippen molar-refractivity contribution in [2.24, 2.45) is 5.73 Å². The van der Waals surface area contributed by atoms with Crippen LogP contribution in [-0.2, 0) is 0 Å². The Kier molecular flexibility index (Phi) is 4.38. The van der Waals surface area contributed by atoms with Gasteiger partial charge in [0.1, 0.15) is 0 Å². The fraction of sp³-hybridized carbons (Fsp3) is 0.875. The van der Waals surface area contributed by atoms with E-state index >= 15 is 0 Å². The van der Waals surface area contributed by atoms with E-state index in [2.05, 4.69) is 5.32 Å². The van der Waals surface area contributed by atoms with Crippen molar-refractivity contribution in [1.29, 1.82) is 0 Å². The first-order chi connectivity index (χ1) is 6.29. The Labute approximate surface area is 83.2 Å². The molecular weight excluding hydrogens is 186 g/mol. The van der Waals surface area contributed by atoms with Gasteiger partial charge >= 0.3 is 6.03 Å². The molecule has 1 aliphatic heterocycles. The summed E-state index contributed by atoms with van der Waals surface area (Å²) in [6, 6.07) is 0.239. The van der Waals surface area contributed by atoms with Crippen LogP contribution in [0.5, 0.6) is 0 Å². The number of thioether (sulfide) groups is 1. The number of urea groups is 1. The van der Waals surface area contributed by atoms with Gasteiger partial charge in [-0.15, -0.1) is 0 Å². The topological polar surface area (TPSA) is 58.4 Å². The fourth-order valence-electron chi connectivity index (χ4n) is 1.37. The number of hydrogen-bond donors (Lipinski definition) is 2. The van der Waals surface area contributed by atoms with Crippen molar-refractivity contribution in [2.75, 3.05) is 31.1 Å². The number of amides is 2. The van der Waals surface area contributed by atoms with Gasteiger partial charge in [0.25, 0.3) is 0 Å². The summed E-state index contributed by atoms with van der Waals surface area (Å²) in [5, 5.41) is 2.80. The lowest BCUT2D eigenvalue weighted by Crippen LogP contribution is -2.53. The van der Waals surface area contributed by atoms with Crippen LogP contribution in [0.3, 0.4) is 0 Å². The molecule has 1 aliphatic rings. The second kappa shape index (κ2) is 5.34. The molecule has 0 bridgehead atoms. The van der Waals surface area contributed by atoms with Gasteiger partial charge in [0.05, 0.1) is 6.04 Å². The monoisotopic (exact) mass is 203 g/mol. The minimum atomic E-state index is 0.0262. The molecular formula is C8H17N3OS. The van der Waals surface area contributed by atoms with Gasteiger partial charge in [-0.25, -0.2) is 4.79 Å². The van der Waals surface area contributed by atoms with Crippen LogP contribution in [0.25, 0.3) is 0 Å². The highest BCUT2D eigenvalue weighted by Gasteiger charge is 2.25. The van der Waals surface area contributed by atoms with Crippen molar-refractivity contribution in [3.63, 3.8) is 0 Å². The lowest BCUT2D eigenvalue weighted by molar-refractivity contribution is 0.184. The van der Waals surface area contributed by atoms with Crippen molar-refractivity contribution >= 4 is 17.8 Å². The lowest BCUT2D eigenvalue weighted by atomic mass is 10.3. The predicted molar refractivity (Wildman–Crippen MR) is 55.9 cm³/mol. The maximum absolute atomic E-state index is 11.5. The van der Waals surface area contributed by atoms with Crippen LogP contribution in [0, 0.1) is 0 Å². The van der Waals surface area contributed by atoms with Gasteiger partial charge < -0.3 is 16.0 Å². The van der Waals surface area contributed by atoms with Gasteiger partial charge in [-0.2, -0.15) is 11.8 Å². The molecule has 2 amide bonds. The highest BCUT2D eigenvalue weighted by atomic mass is 32.2. The summed E-state index contributed by atoms with van der Waals surface area (Å²) in [6.45, 7) is 3.98. The molecule has 5 heteroatoms. The highest BCUT2D eigenvalue weighted by molar-refractivity contribution is 7.99. The number of hydrogen-bond acceptors (Lipinski definition) is 3. The molecule has 3 N–H and O–H groups in total. The first-order valence-corrected chi connectivity index (χ1v) is 5.77. The maximum Gasteiger partial charge on any atom is 0.317 e. The SMILES string of the molecule is CCNC(=O)N1CCSCC1CN. The zero-order valence-corrected chi connectivity index (χ0v) is 8.77. The van der Waals surface area contributed by atoms with Gasteiger partial charge in [0.15, 0.2) is 0 Å². The van der Waals surface area contributed by atoms with Crippen molar-refractivity contribution in [2.45, 2.75) is 13.0 Å². The Morgan fingerprint density at radius 3 is 3.15 bits per heavy atom. The first-order valence-electron chi connectivity index (χ1n) is 4.61. The molecule has 0 radical (unpaired) electrons. The van der Waals surface area contributed by atoms with Gasteiger partial charge in [-0.05, 0) is 6.92 Å². The number of carbonyl (C=O) groups is 1. The fourth-order valence-corrected chi connectivity index (χ4v) is 2.45. The van der Waals surface area contributed by atoms with E-state index in [9.17, 15) is 4.79 Å². The van der Waals surface area contributed by atoms with E-state index in [-0.39, 0.29) is 12.1 Å². The number of rotatable bonds is 2. The van der Waals surface area contributed by atoms with Crippen molar-refractivity contribution < 1.29 is 4.79 Å². The standard InChI is InChI=1S/C8H17N3OS/c1-2-10-8(12)11-3-4-13-6-7(11)5-9/h7H,2-6,9H2,1H3,(H,10,12). The minimum Gasteiger partial charge on any atom is -0.338 e. The zero-order chi connectivity index (χ0) is 9.68. The molecule has 4 nitrogen and oxygen atoms in total. The van der Waals surface area contributed by atoms with E-state index in [1.807, 2.05) is 23.6 Å². The van der Waals surface area contributed by atoms with Gasteiger partial charge in [-0.3, -0.25) is 0 Å². The Morgan fingerprint density at radius 1 is 1.77 bits per heavy atom. The average molecular weight is 203 g/mol. The summed E-state index contributed by atoms with van der Waals surface area (Å²) >= 11 is 1.87. The predicted octanol–water partition coefficient (Wildman–Crippen LogP) is 0.0920. The lowest BCUT2D eigenvalue weighted by Gasteiger charge is -2.34. The second-order valence-electron chi connectivity index (χ2n) is 2.99. The second-order valence-corrected chi connectivity index (χ2v) is 4.14. The summed E-state index contributed by atoms with van der Waals surface area (Å²) < 4.78 is 0. The van der Waals surface area contributed by atoms with Crippen LogP contribution in [0.4, 0.5) is 4.79 Å². The molecule has 1 heterocycles. The molecule has 1 rings (SSSR count). The van der Waals surface area contributed by atoms with E-state index < -0.39 is 0 Å². The third-order valence-electron chi connectivity index (χ3n) is 2.09. The Hall–Kier alpha value is -0.420. The molecule has 13 heavy (non-hydrogen) atoms. The average Bonchev–Trinajstić information content (AvgIpc) is 2.18. The quantitative estimate of drug-likeness (QED) is 0.669. The van der Waals surface area contributed by atoms with E-state index in [1.54, 1.807) is 0 Å². The molecule has 0 aromatic rings. The largest absolute Gasteiger partial charge is 0.338 e. The van der Waals surface area contributed by atoms with Crippen LogP contribution >= 0.6 is 11.8 Å². The molecule has 1 saturated heterocycles. The summed E-state index contributed by atoms with van der Waals surface area (Å²) in [5.41, 5.74) is 5.59. The number of nitrogens with zero attached hydrogens (tertiary/aromatic N) is 1. The van der Waals surface area contributed by atoms with Crippen LogP contribution < -0.4 is 11.1 Å². The third-order valence-corrected chi connectivity index (χ3v) is 3.18. The molecule has 0 aromatic heterocycles. The van der Waals surface area contributed by atoms with Crippen LogP contribution in [0.15, 0.2) is 0 Å². The Balaban J connectivity index is 2.48. The summed E-state index contributed by atoms with van der Waals surface area (Å²) in [4.78, 5) is 13.4. The van der Waals surface area contributed by atoms with Gasteiger partial charge in [0.2, 0.25) is 0 Å². The minimum absolute atomic E-state index is 0.0262. The summed E-state index contributed by atoms with van der Waals surface area (Å²) in [7, 11) is 0. The van der Waals surface area contributed by atoms with E-state index in [0.717, 1.165) is 18.1 Å². The van der Waals surface area contributed by atoms with Crippen molar-refractivity contribution in [1.82, 2.24) is 10.2 Å². The molecule has 1 fully saturated rings. The number of carbonyl (C=O) groups excluding carboxylic acids is 1. The maximum atomic E-state index is 11.5. The molecule has 76 valence electrons. The van der Waals surface area contributed by atoms with Gasteiger partial charge in [0, 0.05) is 31.1 Å². The van der Waals surface area contributed by atoms with Gasteiger partial charge in [-0.1, -0.05) is 0 Å². The molecule has 0 spiro atoms. The van der Waals surface area contributed by atoms with Crippen molar-refractivity contribution in [3.05, 3.63) is 0 Å². The summed E-state index contributed by atoms with van der Waals surface area (Å²) in [5.74, 6) is 1.99. The van der Waals surface area contributed by atoms with Crippen LogP contribution in [0.1, 0.15) is 6.92 Å². The highest BCUT2D eigenvalue weighted by Crippen LogP contribution is 2.15. The van der Waals surface area contributed by atoms with Crippen molar-refractivity contribution in [3.8, 4) is 0 Å². The number of nitrogens with one attached hydrogen (secondary N) is 1. The van der Waals surface area contributed by atoms with Crippen LogP contribution in [-0.4, -0.2) is 48.1 Å². The molecule has 0 aromatic carbocycles. The zero-order valence-electron chi connectivity index (χ0n) is 7.95. The Morgan fingerprint density at radius 2 is 2.54 bits per heavy atom. The van der Waals surface area contributed by atoms with E-state index in [4.69, 9.17) is 5.73 Å². The molecule has 0 saturated carbocycles. The van der Waals surface area contributed by atoms with E-state index in [1.165, 1.54) is 0 Å². The van der Waals surface area contributed by atoms with E-state index in [0.29, 0.717) is 13.1 Å². The van der Waals surface area contributed by atoms with Crippen LogP contribution in [0.2, 0.25) is 0 Å². The Bertz CT molecular complexity index is 177.